The third kappa shape index (κ3) is 1.88. The molecule has 0 fully saturated rings. The highest BCUT2D eigenvalue weighted by atomic mass is 16.4. The van der Waals surface area contributed by atoms with E-state index in [-0.39, 0.29) is 5.69 Å². The highest BCUT2D eigenvalue weighted by molar-refractivity contribution is 5.89. The monoisotopic (exact) mass is 227 g/mol. The summed E-state index contributed by atoms with van der Waals surface area (Å²) in [7, 11) is 0. The Bertz CT molecular complexity index is 606. The zero-order valence-electron chi connectivity index (χ0n) is 9.06. The van der Waals surface area contributed by atoms with Crippen molar-refractivity contribution in [2.75, 3.05) is 0 Å². The fraction of sp³-hybridized carbons (Fsp3) is 0.0833. The number of carboxylic acid groups (broad SMARTS) is 1. The van der Waals surface area contributed by atoms with E-state index in [0.717, 1.165) is 5.56 Å². The lowest BCUT2D eigenvalue weighted by Crippen LogP contribution is -1.98. The smallest absolute Gasteiger partial charge is 0.354 e. The maximum Gasteiger partial charge on any atom is 0.354 e. The topological polar surface area (TPSA) is 89.8 Å². The zero-order chi connectivity index (χ0) is 12.4. The summed E-state index contributed by atoms with van der Waals surface area (Å²) in [5.41, 5.74) is 2.60. The van der Waals surface area contributed by atoms with Crippen molar-refractivity contribution in [2.24, 2.45) is 0 Å². The lowest BCUT2D eigenvalue weighted by molar-refractivity contribution is 0.0689. The van der Waals surface area contributed by atoms with Gasteiger partial charge in [0.1, 0.15) is 5.69 Å². The molecule has 17 heavy (non-hydrogen) atoms. The molecule has 0 saturated heterocycles. The minimum Gasteiger partial charge on any atom is -0.477 e. The summed E-state index contributed by atoms with van der Waals surface area (Å²) in [6.45, 7) is 1.69. The molecule has 0 bridgehead atoms. The van der Waals surface area contributed by atoms with Gasteiger partial charge in [-0.1, -0.05) is 12.1 Å². The lowest BCUT2D eigenvalue weighted by atomic mass is 10.1. The molecule has 5 nitrogen and oxygen atoms in total. The first kappa shape index (κ1) is 10.9. The molecule has 0 radical (unpaired) electrons. The number of H-pyrrole nitrogens is 1. The van der Waals surface area contributed by atoms with Gasteiger partial charge in [-0.15, -0.1) is 0 Å². The van der Waals surface area contributed by atoms with Gasteiger partial charge in [0.05, 0.1) is 17.3 Å². The van der Waals surface area contributed by atoms with Crippen LogP contribution in [0.25, 0.3) is 11.3 Å². The molecule has 0 aliphatic carbocycles. The number of benzene rings is 1. The van der Waals surface area contributed by atoms with E-state index in [1.165, 1.54) is 0 Å². The van der Waals surface area contributed by atoms with E-state index >= 15 is 0 Å². The molecule has 5 heteroatoms. The molecule has 2 aromatic rings. The van der Waals surface area contributed by atoms with E-state index in [2.05, 4.69) is 10.2 Å². The standard InChI is InChI=1S/C12H9N3O2/c1-7-10(14-15-11(7)12(16)17)9-4-2-8(6-13)3-5-9/h2-5H,1H3,(H,14,15)(H,16,17). The predicted molar refractivity (Wildman–Crippen MR) is 60.4 cm³/mol. The van der Waals surface area contributed by atoms with Crippen molar-refractivity contribution >= 4 is 5.97 Å². The molecule has 0 amide bonds. The molecule has 2 N–H and O–H groups in total. The highest BCUT2D eigenvalue weighted by Gasteiger charge is 2.15. The van der Waals surface area contributed by atoms with Crippen LogP contribution in [0.4, 0.5) is 0 Å². The molecular weight excluding hydrogens is 218 g/mol. The van der Waals surface area contributed by atoms with Crippen LogP contribution >= 0.6 is 0 Å². The van der Waals surface area contributed by atoms with Crippen LogP contribution in [-0.2, 0) is 0 Å². The van der Waals surface area contributed by atoms with Crippen molar-refractivity contribution in [1.82, 2.24) is 10.2 Å². The number of nitrogens with one attached hydrogen (secondary N) is 1. The molecule has 0 spiro atoms. The summed E-state index contributed by atoms with van der Waals surface area (Å²) in [6.07, 6.45) is 0. The van der Waals surface area contributed by atoms with Crippen molar-refractivity contribution in [1.29, 1.82) is 5.26 Å². The minimum absolute atomic E-state index is 0.0874. The summed E-state index contributed by atoms with van der Waals surface area (Å²) in [5.74, 6) is -1.03. The largest absolute Gasteiger partial charge is 0.477 e. The molecule has 84 valence electrons. The van der Waals surface area contributed by atoms with Crippen LogP contribution in [0.1, 0.15) is 21.6 Å². The van der Waals surface area contributed by atoms with Crippen molar-refractivity contribution in [3.8, 4) is 17.3 Å². The fourth-order valence-electron chi connectivity index (χ4n) is 1.59. The third-order valence-corrected chi connectivity index (χ3v) is 2.51. The SMILES string of the molecule is Cc1c(-c2ccc(C#N)cc2)n[nH]c1C(=O)O. The molecule has 0 unspecified atom stereocenters. The second-order valence-corrected chi connectivity index (χ2v) is 3.57. The number of hydrogen-bond acceptors (Lipinski definition) is 3. The Kier molecular flexibility index (Phi) is 2.63. The molecule has 0 atom stereocenters. The van der Waals surface area contributed by atoms with Crippen LogP contribution in [0.3, 0.4) is 0 Å². The van der Waals surface area contributed by atoms with Gasteiger partial charge < -0.3 is 5.11 Å². The third-order valence-electron chi connectivity index (χ3n) is 2.51. The van der Waals surface area contributed by atoms with Crippen molar-refractivity contribution in [3.63, 3.8) is 0 Å². The lowest BCUT2D eigenvalue weighted by Gasteiger charge is -1.98. The molecule has 0 saturated carbocycles. The van der Waals surface area contributed by atoms with Gasteiger partial charge in [0, 0.05) is 11.1 Å². The average molecular weight is 227 g/mol. The summed E-state index contributed by atoms with van der Waals surface area (Å²) in [4.78, 5) is 10.9. The Labute approximate surface area is 97.3 Å². The van der Waals surface area contributed by atoms with E-state index in [4.69, 9.17) is 10.4 Å². The van der Waals surface area contributed by atoms with Crippen LogP contribution in [0.2, 0.25) is 0 Å². The Balaban J connectivity index is 2.47. The van der Waals surface area contributed by atoms with E-state index in [0.29, 0.717) is 16.8 Å². The van der Waals surface area contributed by atoms with Crippen LogP contribution in [-0.4, -0.2) is 21.3 Å². The number of hydrogen-bond donors (Lipinski definition) is 2. The first-order valence-corrected chi connectivity index (χ1v) is 4.92. The fourth-order valence-corrected chi connectivity index (χ4v) is 1.59. The maximum atomic E-state index is 10.9. The zero-order valence-corrected chi connectivity index (χ0v) is 9.06. The van der Waals surface area contributed by atoms with Crippen molar-refractivity contribution in [3.05, 3.63) is 41.1 Å². The normalized spacial score (nSPS) is 9.88. The van der Waals surface area contributed by atoms with Gasteiger partial charge in [-0.3, -0.25) is 5.10 Å². The molecule has 1 aromatic heterocycles. The van der Waals surface area contributed by atoms with E-state index < -0.39 is 5.97 Å². The summed E-state index contributed by atoms with van der Waals surface area (Å²) in [6, 6.07) is 8.85. The van der Waals surface area contributed by atoms with Crippen LogP contribution < -0.4 is 0 Å². The van der Waals surface area contributed by atoms with E-state index in [1.54, 1.807) is 31.2 Å². The summed E-state index contributed by atoms with van der Waals surface area (Å²) in [5, 5.41) is 24.0. The quantitative estimate of drug-likeness (QED) is 0.820. The number of rotatable bonds is 2. The number of nitriles is 1. The number of aromatic carboxylic acids is 1. The number of aromatic nitrogens is 2. The van der Waals surface area contributed by atoms with Crippen molar-refractivity contribution < 1.29 is 9.90 Å². The maximum absolute atomic E-state index is 10.9. The van der Waals surface area contributed by atoms with E-state index in [9.17, 15) is 4.79 Å². The molecular formula is C12H9N3O2. The number of aromatic amines is 1. The van der Waals surface area contributed by atoms with Crippen LogP contribution in [0.15, 0.2) is 24.3 Å². The number of carbonyl (C=O) groups is 1. The summed E-state index contributed by atoms with van der Waals surface area (Å²) >= 11 is 0. The van der Waals surface area contributed by atoms with E-state index in [1.807, 2.05) is 6.07 Å². The second-order valence-electron chi connectivity index (χ2n) is 3.57. The van der Waals surface area contributed by atoms with Gasteiger partial charge >= 0.3 is 5.97 Å². The average Bonchev–Trinajstić information content (AvgIpc) is 2.71. The Morgan fingerprint density at radius 3 is 2.53 bits per heavy atom. The van der Waals surface area contributed by atoms with Gasteiger partial charge in [0.2, 0.25) is 0 Å². The van der Waals surface area contributed by atoms with Crippen molar-refractivity contribution in [2.45, 2.75) is 6.92 Å². The molecule has 0 aliphatic heterocycles. The Morgan fingerprint density at radius 1 is 1.41 bits per heavy atom. The molecule has 1 aromatic carbocycles. The van der Waals surface area contributed by atoms with Crippen LogP contribution in [0, 0.1) is 18.3 Å². The molecule has 2 rings (SSSR count). The van der Waals surface area contributed by atoms with Crippen LogP contribution in [0.5, 0.6) is 0 Å². The Hall–Kier alpha value is -2.61. The summed E-state index contributed by atoms with van der Waals surface area (Å²) < 4.78 is 0. The predicted octanol–water partition coefficient (Wildman–Crippen LogP) is 1.95. The van der Waals surface area contributed by atoms with Gasteiger partial charge in [-0.05, 0) is 19.1 Å². The Morgan fingerprint density at radius 2 is 2.06 bits per heavy atom. The first-order chi connectivity index (χ1) is 8.13. The molecule has 0 aliphatic rings. The number of nitrogens with zero attached hydrogens (tertiary/aromatic N) is 2. The minimum atomic E-state index is -1.03. The highest BCUT2D eigenvalue weighted by Crippen LogP contribution is 2.23. The number of carboxylic acids is 1. The molecule has 1 heterocycles. The van der Waals surface area contributed by atoms with Gasteiger partial charge in [-0.25, -0.2) is 4.79 Å². The van der Waals surface area contributed by atoms with Gasteiger partial charge in [0.25, 0.3) is 0 Å². The van der Waals surface area contributed by atoms with Gasteiger partial charge in [0.15, 0.2) is 0 Å². The first-order valence-electron chi connectivity index (χ1n) is 4.92. The van der Waals surface area contributed by atoms with Gasteiger partial charge in [-0.2, -0.15) is 10.4 Å². The second kappa shape index (κ2) is 4.10.